The van der Waals surface area contributed by atoms with Crippen LogP contribution in [0.25, 0.3) is 10.8 Å². The zero-order chi connectivity index (χ0) is 23.4. The Bertz CT molecular complexity index is 978. The van der Waals surface area contributed by atoms with Crippen LogP contribution in [0.3, 0.4) is 0 Å². The molecule has 0 amide bonds. The van der Waals surface area contributed by atoms with Gasteiger partial charge < -0.3 is 18.8 Å². The minimum Gasteiger partial charge on any atom is -0.468 e. The standard InChI is InChI=1S/C20H26BFO4/c1-7-15-17(22)9-8-13-10-14(24-12-23-6)11-16(18(13)15)21-25-19(2,3)20(4,5)26-21/h8-11H,7,12H2,1-6H3/i1D3,7D2. The van der Waals surface area contributed by atoms with E-state index in [2.05, 4.69) is 0 Å². The topological polar surface area (TPSA) is 36.9 Å². The van der Waals surface area contributed by atoms with E-state index >= 15 is 0 Å². The van der Waals surface area contributed by atoms with E-state index in [9.17, 15) is 4.39 Å². The number of hydrogen-bond acceptors (Lipinski definition) is 4. The molecule has 0 N–H and O–H groups in total. The number of aryl methyl sites for hydroxylation is 1. The van der Waals surface area contributed by atoms with Gasteiger partial charge in [-0.25, -0.2) is 4.39 Å². The van der Waals surface area contributed by atoms with Crippen LogP contribution >= 0.6 is 0 Å². The summed E-state index contributed by atoms with van der Waals surface area (Å²) in [7, 11) is 0.473. The summed E-state index contributed by atoms with van der Waals surface area (Å²) in [5, 5.41) is 0.479. The average Bonchev–Trinajstić information content (AvgIpc) is 2.85. The highest BCUT2D eigenvalue weighted by atomic mass is 19.1. The summed E-state index contributed by atoms with van der Waals surface area (Å²) in [5.74, 6) is -0.594. The van der Waals surface area contributed by atoms with Crippen LogP contribution in [0.5, 0.6) is 5.75 Å². The maximum Gasteiger partial charge on any atom is 0.495 e. The second-order valence-corrected chi connectivity index (χ2v) is 7.30. The number of benzene rings is 2. The van der Waals surface area contributed by atoms with Crippen molar-refractivity contribution in [3.63, 3.8) is 0 Å². The Morgan fingerprint density at radius 1 is 1.19 bits per heavy atom. The van der Waals surface area contributed by atoms with Gasteiger partial charge in [0, 0.05) is 14.0 Å². The first-order chi connectivity index (χ1) is 14.1. The summed E-state index contributed by atoms with van der Waals surface area (Å²) in [6, 6.07) is 5.61. The van der Waals surface area contributed by atoms with Gasteiger partial charge in [0.2, 0.25) is 0 Å². The van der Waals surface area contributed by atoms with Gasteiger partial charge in [-0.2, -0.15) is 0 Å². The Balaban J connectivity index is 2.34. The molecule has 2 aromatic rings. The second-order valence-electron chi connectivity index (χ2n) is 7.30. The quantitative estimate of drug-likeness (QED) is 0.596. The lowest BCUT2D eigenvalue weighted by molar-refractivity contribution is 0.00578. The lowest BCUT2D eigenvalue weighted by Gasteiger charge is -2.32. The molecule has 140 valence electrons. The van der Waals surface area contributed by atoms with Crippen molar-refractivity contribution in [2.75, 3.05) is 13.9 Å². The molecule has 3 rings (SSSR count). The first-order valence-corrected chi connectivity index (χ1v) is 8.36. The van der Waals surface area contributed by atoms with Gasteiger partial charge in [-0.05, 0) is 74.1 Å². The van der Waals surface area contributed by atoms with Gasteiger partial charge in [0.15, 0.2) is 6.79 Å². The van der Waals surface area contributed by atoms with Crippen molar-refractivity contribution >= 4 is 23.4 Å². The summed E-state index contributed by atoms with van der Waals surface area (Å²) in [6.07, 6.45) is -2.95. The minimum atomic E-state index is -3.10. The van der Waals surface area contributed by atoms with Gasteiger partial charge in [0.1, 0.15) is 11.6 Å². The molecule has 2 aromatic carbocycles. The molecule has 26 heavy (non-hydrogen) atoms. The van der Waals surface area contributed by atoms with Crippen molar-refractivity contribution in [2.45, 2.75) is 52.1 Å². The van der Waals surface area contributed by atoms with Crippen molar-refractivity contribution in [1.82, 2.24) is 0 Å². The van der Waals surface area contributed by atoms with Crippen LogP contribution in [0.2, 0.25) is 0 Å². The molecule has 1 aliphatic heterocycles. The highest BCUT2D eigenvalue weighted by Gasteiger charge is 2.52. The molecule has 0 aromatic heterocycles. The third-order valence-corrected chi connectivity index (χ3v) is 5.05. The molecule has 0 saturated carbocycles. The summed E-state index contributed by atoms with van der Waals surface area (Å²) >= 11 is 0. The molecular weight excluding hydrogens is 334 g/mol. The van der Waals surface area contributed by atoms with E-state index in [0.29, 0.717) is 11.1 Å². The highest BCUT2D eigenvalue weighted by molar-refractivity contribution is 6.65. The fourth-order valence-electron chi connectivity index (χ4n) is 2.93. The fraction of sp³-hybridized carbons (Fsp3) is 0.500. The molecule has 0 unspecified atom stereocenters. The molecular formula is C20H26BFO4. The molecule has 4 nitrogen and oxygen atoms in total. The Kier molecular flexibility index (Phi) is 3.56. The van der Waals surface area contributed by atoms with E-state index in [-0.39, 0.29) is 17.6 Å². The maximum atomic E-state index is 15.0. The Labute approximate surface area is 161 Å². The van der Waals surface area contributed by atoms with Crippen molar-refractivity contribution in [3.8, 4) is 5.75 Å². The van der Waals surface area contributed by atoms with Gasteiger partial charge in [-0.15, -0.1) is 0 Å². The third kappa shape index (κ3) is 3.22. The van der Waals surface area contributed by atoms with E-state index in [1.807, 2.05) is 27.7 Å². The normalized spacial score (nSPS) is 22.4. The SMILES string of the molecule is [2H]C([2H])([2H])C([2H])([2H])c1c(F)ccc2cc(OCOC)cc(B3OC(C)(C)C(C)(C)O3)c12. The van der Waals surface area contributed by atoms with Crippen molar-refractivity contribution < 1.29 is 30.0 Å². The van der Waals surface area contributed by atoms with Crippen LogP contribution in [0.1, 0.15) is 47.0 Å². The monoisotopic (exact) mass is 365 g/mol. The summed E-state index contributed by atoms with van der Waals surface area (Å²) in [4.78, 5) is 0. The van der Waals surface area contributed by atoms with Crippen LogP contribution in [0.15, 0.2) is 24.3 Å². The molecule has 0 atom stereocenters. The predicted molar refractivity (Wildman–Crippen MR) is 102 cm³/mol. The maximum absolute atomic E-state index is 15.0. The summed E-state index contributed by atoms with van der Waals surface area (Å²) < 4.78 is 77.3. The van der Waals surface area contributed by atoms with E-state index < -0.39 is 42.9 Å². The number of hydrogen-bond donors (Lipinski definition) is 0. The molecule has 0 radical (unpaired) electrons. The van der Waals surface area contributed by atoms with E-state index in [4.69, 9.17) is 25.6 Å². The number of methoxy groups -OCH3 is 1. The zero-order valence-corrected chi connectivity index (χ0v) is 15.6. The lowest BCUT2D eigenvalue weighted by atomic mass is 9.74. The number of fused-ring (bicyclic) bond motifs is 1. The summed E-state index contributed by atoms with van der Waals surface area (Å²) in [5.41, 5.74) is -1.72. The average molecular weight is 365 g/mol. The molecule has 1 fully saturated rings. The largest absolute Gasteiger partial charge is 0.495 e. The molecule has 1 heterocycles. The second kappa shape index (κ2) is 6.84. The first-order valence-electron chi connectivity index (χ1n) is 10.9. The molecule has 0 aliphatic carbocycles. The molecule has 0 spiro atoms. The van der Waals surface area contributed by atoms with Crippen molar-refractivity contribution in [3.05, 3.63) is 35.6 Å². The fourth-order valence-corrected chi connectivity index (χ4v) is 2.93. The van der Waals surface area contributed by atoms with Crippen LogP contribution < -0.4 is 10.2 Å². The van der Waals surface area contributed by atoms with Gasteiger partial charge in [0.25, 0.3) is 0 Å². The summed E-state index contributed by atoms with van der Waals surface area (Å²) in [6.45, 7) is 4.26. The van der Waals surface area contributed by atoms with Crippen LogP contribution in [-0.2, 0) is 20.4 Å². The number of rotatable bonds is 5. The first kappa shape index (κ1) is 13.5. The zero-order valence-electron chi connectivity index (χ0n) is 20.6. The van der Waals surface area contributed by atoms with E-state index in [1.54, 1.807) is 12.1 Å². The Morgan fingerprint density at radius 2 is 1.88 bits per heavy atom. The van der Waals surface area contributed by atoms with Gasteiger partial charge in [-0.1, -0.05) is 12.9 Å². The van der Waals surface area contributed by atoms with Crippen molar-refractivity contribution in [2.24, 2.45) is 0 Å². The lowest BCUT2D eigenvalue weighted by Crippen LogP contribution is -2.41. The van der Waals surface area contributed by atoms with Crippen molar-refractivity contribution in [1.29, 1.82) is 0 Å². The van der Waals surface area contributed by atoms with Crippen LogP contribution in [0, 0.1) is 5.82 Å². The molecule has 0 bridgehead atoms. The number of ether oxygens (including phenoxy) is 2. The van der Waals surface area contributed by atoms with Crippen LogP contribution in [0.4, 0.5) is 4.39 Å². The van der Waals surface area contributed by atoms with E-state index in [0.717, 1.165) is 6.07 Å². The number of halogens is 1. The minimum absolute atomic E-state index is 0.0432. The third-order valence-electron chi connectivity index (χ3n) is 5.05. The Hall–Kier alpha value is -1.63. The highest BCUT2D eigenvalue weighted by Crippen LogP contribution is 2.38. The smallest absolute Gasteiger partial charge is 0.468 e. The van der Waals surface area contributed by atoms with Gasteiger partial charge in [-0.3, -0.25) is 0 Å². The van der Waals surface area contributed by atoms with E-state index in [1.165, 1.54) is 13.2 Å². The predicted octanol–water partition coefficient (Wildman–Crippen LogP) is 3.82. The van der Waals surface area contributed by atoms with Gasteiger partial charge >= 0.3 is 7.12 Å². The molecule has 6 heteroatoms. The Morgan fingerprint density at radius 3 is 2.50 bits per heavy atom. The molecule has 1 aliphatic rings. The van der Waals surface area contributed by atoms with Crippen LogP contribution in [-0.4, -0.2) is 32.2 Å². The van der Waals surface area contributed by atoms with Gasteiger partial charge in [0.05, 0.1) is 11.2 Å². The molecule has 1 saturated heterocycles.